The predicted molar refractivity (Wildman–Crippen MR) is 339 cm³/mol. The molecular weight excluding hydrogens is 1120 g/mol. The second kappa shape index (κ2) is 27.8. The molecule has 1 heterocycles. The molecule has 7 aromatic rings. The molecule has 0 aliphatic heterocycles. The molecule has 18 heteroatoms. The summed E-state index contributed by atoms with van der Waals surface area (Å²) in [5.41, 5.74) is 10.4. The Kier molecular flexibility index (Phi) is 20.6. The molecule has 2 aliphatic rings. The van der Waals surface area contributed by atoms with Crippen molar-refractivity contribution < 1.29 is 54.5 Å². The molecule has 4 N–H and O–H groups in total. The fraction of sp³-hybridized carbons (Fsp3) is 0.418. The molecule has 0 spiro atoms. The fourth-order valence-electron chi connectivity index (χ4n) is 12.3. The Morgan fingerprint density at radius 2 is 1.25 bits per heavy atom. The topological polar surface area (TPSA) is 226 Å². The van der Waals surface area contributed by atoms with E-state index in [-0.39, 0.29) is 87.1 Å². The smallest absolute Gasteiger partial charge is 0.264 e. The van der Waals surface area contributed by atoms with Gasteiger partial charge in [-0.15, -0.1) is 0 Å². The second-order valence-electron chi connectivity index (χ2n) is 22.4. The van der Waals surface area contributed by atoms with Crippen LogP contribution < -0.4 is 21.5 Å². The minimum Gasteiger partial charge on any atom is -0.383 e. The molecular formula is C67H79N3O13S2. The van der Waals surface area contributed by atoms with Crippen LogP contribution in [0.1, 0.15) is 124 Å². The van der Waals surface area contributed by atoms with Gasteiger partial charge in [-0.2, -0.15) is 16.8 Å². The van der Waals surface area contributed by atoms with Crippen LogP contribution in [0.5, 0.6) is 0 Å². The van der Waals surface area contributed by atoms with E-state index in [1.54, 1.807) is 16.7 Å². The summed E-state index contributed by atoms with van der Waals surface area (Å²) in [5.74, 6) is -0.843. The molecule has 0 radical (unpaired) electrons. The van der Waals surface area contributed by atoms with Crippen molar-refractivity contribution in [3.8, 4) is 5.69 Å². The van der Waals surface area contributed by atoms with Crippen LogP contribution >= 0.6 is 0 Å². The van der Waals surface area contributed by atoms with Crippen LogP contribution in [-0.4, -0.2) is 120 Å². The number of pyridine rings is 1. The predicted octanol–water partition coefficient (Wildman–Crippen LogP) is 11.3. The fourth-order valence-corrected chi connectivity index (χ4v) is 13.2. The van der Waals surface area contributed by atoms with E-state index in [0.29, 0.717) is 55.8 Å². The lowest BCUT2D eigenvalue weighted by atomic mass is 9.81. The normalized spacial score (nSPS) is 15.9. The van der Waals surface area contributed by atoms with Crippen molar-refractivity contribution in [2.75, 3.05) is 77.5 Å². The van der Waals surface area contributed by atoms with E-state index in [0.717, 1.165) is 126 Å². The molecule has 0 bridgehead atoms. The van der Waals surface area contributed by atoms with Crippen LogP contribution in [0.25, 0.3) is 70.7 Å². The molecule has 16 nitrogen and oxygen atoms in total. The van der Waals surface area contributed by atoms with Gasteiger partial charge in [-0.3, -0.25) is 28.1 Å². The molecule has 2 aliphatic carbocycles. The van der Waals surface area contributed by atoms with Gasteiger partial charge in [0.05, 0.1) is 62.2 Å². The number of unbranched alkanes of at least 4 members (excludes halogenated alkanes) is 1. The average Bonchev–Trinajstić information content (AvgIpc) is 1.31. The van der Waals surface area contributed by atoms with Gasteiger partial charge in [0.25, 0.3) is 31.7 Å². The highest BCUT2D eigenvalue weighted by Crippen LogP contribution is 2.48. The van der Waals surface area contributed by atoms with Gasteiger partial charge in [-0.1, -0.05) is 98.7 Å². The summed E-state index contributed by atoms with van der Waals surface area (Å²) in [6.45, 7) is 17.8. The molecule has 1 unspecified atom stereocenters. The van der Waals surface area contributed by atoms with Crippen molar-refractivity contribution in [3.05, 3.63) is 146 Å². The highest BCUT2D eigenvalue weighted by Gasteiger charge is 2.31. The maximum Gasteiger partial charge on any atom is 0.264 e. The van der Waals surface area contributed by atoms with Crippen LogP contribution in [0.4, 0.5) is 0 Å². The number of carbonyl (C=O) groups is 2. The van der Waals surface area contributed by atoms with Gasteiger partial charge in [0.1, 0.15) is 0 Å². The first-order valence-electron chi connectivity index (χ1n) is 29.7. The Bertz CT molecular complexity index is 4120. The standard InChI is InChI=1S/C67H79N3O13S2/c1-7-9-12-50-48(18-16-46-15-17-47(39-44(46)5)45(6)68-27-31-82-35-33-80-29-10-37-84(74,75)76)41-60(71)56-24-21-53-55-23-26-58-64-57(25-22-54(62(55)64)52-20-19-51(50)63(56)61(52)53)65(42(3)8-2)70(67(58)73)59-40-49(14-13-43(59)4)66(72)69-28-32-83-36-34-81-30-11-38-85(77,78)79/h12-14,19-26,39-40,48,68H,6-11,15-18,27-38,41H2,1-5H3,(H,69,72)(H,74,75,76)(H,77,78,79)/b50-12-,65-42?. The minimum absolute atomic E-state index is 0.0226. The van der Waals surface area contributed by atoms with Crippen molar-refractivity contribution in [1.82, 2.24) is 15.2 Å². The lowest BCUT2D eigenvalue weighted by molar-refractivity contribution is 0.0485. The van der Waals surface area contributed by atoms with Gasteiger partial charge in [0.15, 0.2) is 5.78 Å². The van der Waals surface area contributed by atoms with E-state index in [4.69, 9.17) is 28.1 Å². The molecule has 85 heavy (non-hydrogen) atoms. The van der Waals surface area contributed by atoms with Crippen molar-refractivity contribution in [2.45, 2.75) is 98.8 Å². The molecule has 1 amide bonds. The van der Waals surface area contributed by atoms with Crippen molar-refractivity contribution >= 4 is 96.9 Å². The first-order valence-corrected chi connectivity index (χ1v) is 32.9. The highest BCUT2D eigenvalue weighted by molar-refractivity contribution is 7.86. The summed E-state index contributed by atoms with van der Waals surface area (Å²) in [7, 11) is -8.01. The lowest BCUT2D eigenvalue weighted by Gasteiger charge is -2.24. The van der Waals surface area contributed by atoms with Crippen LogP contribution in [0.2, 0.25) is 0 Å². The minimum atomic E-state index is -4.03. The molecule has 6 aromatic carbocycles. The van der Waals surface area contributed by atoms with Gasteiger partial charge in [-0.25, -0.2) is 0 Å². The molecule has 9 rings (SSSR count). The quantitative estimate of drug-likeness (QED) is 0.0142. The van der Waals surface area contributed by atoms with Crippen LogP contribution in [0, 0.1) is 12.8 Å². The number of carbonyl (C=O) groups excluding carboxylic acids is 2. The van der Waals surface area contributed by atoms with E-state index < -0.39 is 20.2 Å². The Labute approximate surface area is 497 Å². The van der Waals surface area contributed by atoms with Crippen LogP contribution in [-0.2, 0) is 39.2 Å². The highest BCUT2D eigenvalue weighted by atomic mass is 32.2. The number of ketones is 1. The number of hydrogen-bond donors (Lipinski definition) is 4. The summed E-state index contributed by atoms with van der Waals surface area (Å²) >= 11 is 0. The van der Waals surface area contributed by atoms with Gasteiger partial charge >= 0.3 is 0 Å². The SMILES string of the molecule is C=C(NCCOCCOCCCS(=O)(=O)O)C1=CC(C)=C(CCC2CC(=O)c3ccc4c5ccc6c(=O)n(-c7cc(C(=O)NCCOCCOCCCS(=O)(=O)O)ccc7C)c(=C(C)CC)c7ccc(c8ccc(c3c48)/C2=C\CCC)c5c67)CC1. The molecule has 0 saturated carbocycles. The van der Waals surface area contributed by atoms with Crippen molar-refractivity contribution in [3.63, 3.8) is 0 Å². The number of amides is 1. The molecule has 1 aromatic heterocycles. The Morgan fingerprint density at radius 1 is 0.694 bits per heavy atom. The number of aromatic nitrogens is 1. The second-order valence-corrected chi connectivity index (χ2v) is 25.6. The summed E-state index contributed by atoms with van der Waals surface area (Å²) in [5, 5.41) is 16.7. The van der Waals surface area contributed by atoms with Gasteiger partial charge < -0.3 is 29.6 Å². The first-order chi connectivity index (χ1) is 40.8. The number of rotatable bonds is 30. The Hall–Kier alpha value is -6.61. The zero-order chi connectivity index (χ0) is 60.6. The largest absolute Gasteiger partial charge is 0.383 e. The maximum absolute atomic E-state index is 15.4. The van der Waals surface area contributed by atoms with E-state index in [1.165, 1.54) is 16.7 Å². The summed E-state index contributed by atoms with van der Waals surface area (Å²) in [4.78, 5) is 43.8. The number of hydrogen-bond acceptors (Lipinski definition) is 12. The first kappa shape index (κ1) is 62.9. The zero-order valence-corrected chi connectivity index (χ0v) is 51.1. The van der Waals surface area contributed by atoms with Crippen LogP contribution in [0.3, 0.4) is 0 Å². The Balaban J connectivity index is 0.963. The van der Waals surface area contributed by atoms with E-state index in [2.05, 4.69) is 93.5 Å². The number of allylic oxidation sites excluding steroid dienone is 6. The Morgan fingerprint density at radius 3 is 1.85 bits per heavy atom. The number of aryl methyl sites for hydroxylation is 1. The molecule has 0 saturated heterocycles. The number of fused-ring (bicyclic) bond motifs is 2. The van der Waals surface area contributed by atoms with E-state index in [9.17, 15) is 26.4 Å². The number of nitrogens with zero attached hydrogens (tertiary/aromatic N) is 1. The van der Waals surface area contributed by atoms with Gasteiger partial charge in [-0.05, 0) is 156 Å². The van der Waals surface area contributed by atoms with E-state index in [1.807, 2.05) is 25.1 Å². The zero-order valence-electron chi connectivity index (χ0n) is 49.5. The van der Waals surface area contributed by atoms with Gasteiger partial charge in [0.2, 0.25) is 0 Å². The van der Waals surface area contributed by atoms with Gasteiger partial charge in [0, 0.05) is 71.1 Å². The third kappa shape index (κ3) is 14.5. The monoisotopic (exact) mass is 1200 g/mol. The molecule has 1 atom stereocenters. The summed E-state index contributed by atoms with van der Waals surface area (Å²) in [6.07, 6.45) is 11.5. The third-order valence-electron chi connectivity index (χ3n) is 16.7. The number of nitrogens with one attached hydrogen (secondary N) is 2. The third-order valence-corrected chi connectivity index (χ3v) is 18.3. The average molecular weight is 1200 g/mol. The lowest BCUT2D eigenvalue weighted by Crippen LogP contribution is -2.35. The maximum atomic E-state index is 15.4. The number of ether oxygens (including phenoxy) is 4. The number of benzene rings is 6. The summed E-state index contributed by atoms with van der Waals surface area (Å²) in [6, 6.07) is 22.4. The molecule has 452 valence electrons. The van der Waals surface area contributed by atoms with Crippen LogP contribution in [0.15, 0.2) is 113 Å². The number of Topliss-reactive ketones (excluding diaryl/α,β-unsaturated/α-hetero) is 1. The van der Waals surface area contributed by atoms with Crippen molar-refractivity contribution in [1.29, 1.82) is 0 Å². The molecule has 0 fully saturated rings. The van der Waals surface area contributed by atoms with E-state index >= 15 is 4.79 Å². The van der Waals surface area contributed by atoms with Crippen molar-refractivity contribution in [2.24, 2.45) is 5.92 Å². The summed E-state index contributed by atoms with van der Waals surface area (Å²) < 4.78 is 85.1.